The molecule has 1 saturated heterocycles. The van der Waals surface area contributed by atoms with E-state index in [0.29, 0.717) is 24.3 Å². The highest BCUT2D eigenvalue weighted by Crippen LogP contribution is 2.46. The maximum absolute atomic E-state index is 14.4. The number of sulfonamides is 1. The Hall–Kier alpha value is -4.54. The second-order valence-corrected chi connectivity index (χ2v) is 18.1. The van der Waals surface area contributed by atoms with Gasteiger partial charge in [-0.2, -0.15) is 0 Å². The topological polar surface area (TPSA) is 199 Å². The van der Waals surface area contributed by atoms with E-state index in [0.717, 1.165) is 11.1 Å². The minimum atomic E-state index is -3.92. The molecule has 3 fully saturated rings. The summed E-state index contributed by atoms with van der Waals surface area (Å²) in [5.41, 5.74) is -1.64. The number of rotatable bonds is 9. The zero-order chi connectivity index (χ0) is 38.0. The quantitative estimate of drug-likeness (QED) is 0.314. The Labute approximate surface area is 302 Å². The maximum Gasteiger partial charge on any atom is 0.410 e. The lowest BCUT2D eigenvalue weighted by Gasteiger charge is -2.36. The normalized spacial score (nSPS) is 25.5. The highest BCUT2D eigenvalue weighted by atomic mass is 32.2. The fourth-order valence-corrected chi connectivity index (χ4v) is 8.19. The first kappa shape index (κ1) is 37.2. The molecule has 5 atom stereocenters. The average Bonchev–Trinajstić information content (AvgIpc) is 3.84. The highest BCUT2D eigenvalue weighted by Gasteiger charge is 2.62. The van der Waals surface area contributed by atoms with E-state index in [1.54, 1.807) is 47.6 Å². The fraction of sp³-hybridized carbons (Fsp3) is 0.629. The summed E-state index contributed by atoms with van der Waals surface area (Å²) in [4.78, 5) is 71.1. The standard InChI is InChI=1S/C35H47N5O11S/c1-8-20-14-35(20,30(43)38-52(46,47)22-10-11-22)37-28(41)24-13-21(16-40(24)29(42)27(33(2,3)4)36-31(44)51-34(5,6)7)50-32(45)39-15-19-9-12-25-26(23(19)17-39)49-18-48-25/h8-9,12,20-22,24,27H,1,10-11,13-18H2,2-7H3,(H,36,44)(H,37,41)(H,38,43)/t20-,21+,24?,27+,35-/m0/s1. The van der Waals surface area contributed by atoms with Gasteiger partial charge in [0, 0.05) is 24.4 Å². The maximum atomic E-state index is 14.4. The number of nitrogens with zero attached hydrogens (tertiary/aromatic N) is 2. The van der Waals surface area contributed by atoms with Crippen LogP contribution < -0.4 is 24.8 Å². The van der Waals surface area contributed by atoms with Crippen LogP contribution in [0.3, 0.4) is 0 Å². The van der Waals surface area contributed by atoms with E-state index in [1.807, 2.05) is 6.07 Å². The predicted molar refractivity (Wildman–Crippen MR) is 184 cm³/mol. The molecular formula is C35H47N5O11S. The Morgan fingerprint density at radius 1 is 1.06 bits per heavy atom. The summed E-state index contributed by atoms with van der Waals surface area (Å²) in [6, 6.07) is 1.21. The number of hydrogen-bond donors (Lipinski definition) is 3. The summed E-state index contributed by atoms with van der Waals surface area (Å²) in [5.74, 6) is -1.66. The Morgan fingerprint density at radius 2 is 1.77 bits per heavy atom. The van der Waals surface area contributed by atoms with Crippen LogP contribution in [0.15, 0.2) is 24.8 Å². The number of alkyl carbamates (subject to hydrolysis) is 1. The molecule has 6 rings (SSSR count). The van der Waals surface area contributed by atoms with E-state index in [9.17, 15) is 32.4 Å². The van der Waals surface area contributed by atoms with Crippen LogP contribution in [0.2, 0.25) is 0 Å². The Bertz CT molecular complexity index is 1800. The third-order valence-corrected chi connectivity index (χ3v) is 11.7. The van der Waals surface area contributed by atoms with Crippen molar-refractivity contribution in [2.24, 2.45) is 11.3 Å². The van der Waals surface area contributed by atoms with Gasteiger partial charge in [-0.25, -0.2) is 18.0 Å². The summed E-state index contributed by atoms with van der Waals surface area (Å²) < 4.78 is 49.8. The van der Waals surface area contributed by atoms with Crippen molar-refractivity contribution in [1.82, 2.24) is 25.2 Å². The summed E-state index contributed by atoms with van der Waals surface area (Å²) in [6.45, 7) is 14.4. The second kappa shape index (κ2) is 13.1. The molecule has 16 nitrogen and oxygen atoms in total. The summed E-state index contributed by atoms with van der Waals surface area (Å²) in [7, 11) is -3.92. The van der Waals surface area contributed by atoms with Crippen LogP contribution in [0.1, 0.15) is 78.4 Å². The van der Waals surface area contributed by atoms with Crippen molar-refractivity contribution in [3.63, 3.8) is 0 Å². The van der Waals surface area contributed by atoms with Crippen molar-refractivity contribution in [2.75, 3.05) is 13.3 Å². The Morgan fingerprint density at radius 3 is 2.38 bits per heavy atom. The van der Waals surface area contributed by atoms with Gasteiger partial charge in [0.05, 0.1) is 18.3 Å². The van der Waals surface area contributed by atoms with Gasteiger partial charge in [0.15, 0.2) is 11.5 Å². The van der Waals surface area contributed by atoms with E-state index < -0.39 is 85.8 Å². The van der Waals surface area contributed by atoms with Crippen LogP contribution in [0.4, 0.5) is 9.59 Å². The summed E-state index contributed by atoms with van der Waals surface area (Å²) >= 11 is 0. The zero-order valence-electron chi connectivity index (χ0n) is 30.3. The average molecular weight is 746 g/mol. The van der Waals surface area contributed by atoms with E-state index >= 15 is 0 Å². The molecule has 1 aromatic rings. The molecule has 5 aliphatic rings. The third-order valence-electron chi connectivity index (χ3n) is 9.85. The molecule has 0 bridgehead atoms. The van der Waals surface area contributed by atoms with E-state index in [-0.39, 0.29) is 39.3 Å². The first-order chi connectivity index (χ1) is 24.2. The Balaban J connectivity index is 1.22. The molecule has 3 N–H and O–H groups in total. The van der Waals surface area contributed by atoms with Crippen LogP contribution in [0.5, 0.6) is 11.5 Å². The molecule has 52 heavy (non-hydrogen) atoms. The molecule has 0 spiro atoms. The van der Waals surface area contributed by atoms with Crippen molar-refractivity contribution in [2.45, 2.75) is 115 Å². The van der Waals surface area contributed by atoms with Crippen LogP contribution in [-0.2, 0) is 47.0 Å². The molecule has 3 aliphatic heterocycles. The monoisotopic (exact) mass is 745 g/mol. The van der Waals surface area contributed by atoms with Crippen molar-refractivity contribution >= 4 is 39.9 Å². The lowest BCUT2D eigenvalue weighted by atomic mass is 9.85. The molecule has 0 aromatic heterocycles. The minimum Gasteiger partial charge on any atom is -0.454 e. The molecule has 5 amide bonds. The molecule has 17 heteroatoms. The first-order valence-corrected chi connectivity index (χ1v) is 18.9. The number of carbonyl (C=O) groups excluding carboxylic acids is 5. The number of likely N-dealkylation sites (tertiary alicyclic amines) is 1. The minimum absolute atomic E-state index is 0.0801. The number of carbonyl (C=O) groups is 5. The zero-order valence-corrected chi connectivity index (χ0v) is 31.1. The number of hydrogen-bond acceptors (Lipinski definition) is 11. The molecular weight excluding hydrogens is 698 g/mol. The van der Waals surface area contributed by atoms with E-state index in [1.165, 1.54) is 15.9 Å². The van der Waals surface area contributed by atoms with E-state index in [2.05, 4.69) is 21.9 Å². The van der Waals surface area contributed by atoms with Gasteiger partial charge in [-0.15, -0.1) is 6.58 Å². The molecule has 1 aromatic carbocycles. The summed E-state index contributed by atoms with van der Waals surface area (Å²) in [5, 5.41) is 4.71. The Kier molecular flexibility index (Phi) is 9.41. The molecule has 3 heterocycles. The molecule has 1 unspecified atom stereocenters. The second-order valence-electron chi connectivity index (χ2n) is 16.2. The highest BCUT2D eigenvalue weighted by molar-refractivity contribution is 7.91. The van der Waals surface area contributed by atoms with Crippen molar-refractivity contribution in [3.05, 3.63) is 35.9 Å². The molecule has 2 aliphatic carbocycles. The van der Waals surface area contributed by atoms with Gasteiger partial charge in [-0.3, -0.25) is 24.0 Å². The van der Waals surface area contributed by atoms with Gasteiger partial charge in [0.2, 0.25) is 28.6 Å². The van der Waals surface area contributed by atoms with Crippen LogP contribution in [0.25, 0.3) is 0 Å². The van der Waals surface area contributed by atoms with Crippen LogP contribution in [0, 0.1) is 11.3 Å². The van der Waals surface area contributed by atoms with Gasteiger partial charge in [0.25, 0.3) is 5.91 Å². The van der Waals surface area contributed by atoms with Gasteiger partial charge in [-0.1, -0.05) is 32.9 Å². The van der Waals surface area contributed by atoms with Crippen molar-refractivity contribution in [1.29, 1.82) is 0 Å². The predicted octanol–water partition coefficient (Wildman–Crippen LogP) is 2.45. The number of ether oxygens (including phenoxy) is 4. The van der Waals surface area contributed by atoms with E-state index in [4.69, 9.17) is 18.9 Å². The molecule has 0 radical (unpaired) electrons. The number of nitrogens with one attached hydrogen (secondary N) is 3. The van der Waals surface area contributed by atoms with Crippen molar-refractivity contribution < 1.29 is 51.3 Å². The largest absolute Gasteiger partial charge is 0.454 e. The fourth-order valence-electron chi connectivity index (χ4n) is 6.82. The lowest BCUT2D eigenvalue weighted by molar-refractivity contribution is -0.143. The van der Waals surface area contributed by atoms with Gasteiger partial charge in [0.1, 0.15) is 29.3 Å². The molecule has 2 saturated carbocycles. The SMILES string of the molecule is C=C[C@H]1C[C@@]1(NC(=O)C1C[C@@H](OC(=O)N2Cc3ccc4c(c3C2)OCO4)CN1C(=O)[C@@H](NC(=O)OC(C)(C)C)C(C)(C)C)C(=O)NS(=O)(=O)C1CC1. The number of fused-ring (bicyclic) bond motifs is 3. The van der Waals surface area contributed by atoms with Crippen molar-refractivity contribution in [3.8, 4) is 11.5 Å². The van der Waals surface area contributed by atoms with Crippen LogP contribution >= 0.6 is 0 Å². The number of benzene rings is 1. The number of amides is 5. The first-order valence-electron chi connectivity index (χ1n) is 17.4. The summed E-state index contributed by atoms with van der Waals surface area (Å²) in [6.07, 6.45) is -0.138. The van der Waals surface area contributed by atoms with Gasteiger partial charge >= 0.3 is 12.2 Å². The van der Waals surface area contributed by atoms with Gasteiger partial charge in [-0.05, 0) is 57.1 Å². The smallest absolute Gasteiger partial charge is 0.410 e. The molecule has 284 valence electrons. The van der Waals surface area contributed by atoms with Crippen LogP contribution in [-0.4, -0.2) is 96.0 Å². The lowest BCUT2D eigenvalue weighted by Crippen LogP contribution is -2.60. The van der Waals surface area contributed by atoms with Gasteiger partial charge < -0.3 is 34.5 Å². The third kappa shape index (κ3) is 7.50.